The number of anilines is 1. The zero-order valence-corrected chi connectivity index (χ0v) is 15.5. The van der Waals surface area contributed by atoms with E-state index >= 15 is 0 Å². The van der Waals surface area contributed by atoms with Crippen LogP contribution in [0.25, 0.3) is 15.9 Å². The highest BCUT2D eigenvalue weighted by atomic mass is 32.2. The highest BCUT2D eigenvalue weighted by molar-refractivity contribution is 7.98. The topological polar surface area (TPSA) is 38.1 Å². The number of benzene rings is 1. The van der Waals surface area contributed by atoms with Crippen molar-refractivity contribution in [1.82, 2.24) is 9.55 Å². The molecule has 25 heavy (non-hydrogen) atoms. The molecule has 0 atom stereocenters. The fraction of sp³-hybridized carbons (Fsp3) is 0.368. The molecule has 0 radical (unpaired) electrons. The van der Waals surface area contributed by atoms with Crippen molar-refractivity contribution in [3.63, 3.8) is 0 Å². The predicted molar refractivity (Wildman–Crippen MR) is 107 cm³/mol. The number of hydrogen-bond donors (Lipinski definition) is 0. The molecular formula is C19H19N3OS2. The van der Waals surface area contributed by atoms with Crippen LogP contribution in [0, 0.1) is 0 Å². The quantitative estimate of drug-likeness (QED) is 0.688. The number of nitrogens with zero attached hydrogens (tertiary/aromatic N) is 3. The molecule has 5 rings (SSSR count). The smallest absolute Gasteiger partial charge is 0.268 e. The number of aryl methyl sites for hydroxylation is 1. The van der Waals surface area contributed by atoms with Crippen LogP contribution in [0.1, 0.15) is 23.3 Å². The molecule has 128 valence electrons. The maximum Gasteiger partial charge on any atom is 0.268 e. The number of fused-ring (bicyclic) bond motifs is 3. The Labute approximate surface area is 154 Å². The molecule has 6 heteroatoms. The van der Waals surface area contributed by atoms with Crippen LogP contribution in [0.4, 0.5) is 5.95 Å². The molecule has 0 amide bonds. The highest BCUT2D eigenvalue weighted by Crippen LogP contribution is 2.36. The van der Waals surface area contributed by atoms with Gasteiger partial charge in [-0.3, -0.25) is 4.79 Å². The van der Waals surface area contributed by atoms with Crippen molar-refractivity contribution in [2.24, 2.45) is 0 Å². The van der Waals surface area contributed by atoms with E-state index < -0.39 is 0 Å². The summed E-state index contributed by atoms with van der Waals surface area (Å²) in [4.78, 5) is 23.1. The van der Waals surface area contributed by atoms with Gasteiger partial charge in [-0.15, -0.1) is 11.3 Å². The van der Waals surface area contributed by atoms with Gasteiger partial charge in [0.2, 0.25) is 5.95 Å². The summed E-state index contributed by atoms with van der Waals surface area (Å²) in [6, 6.07) is 9.96. The largest absolute Gasteiger partial charge is 0.342 e. The molecule has 1 fully saturated rings. The van der Waals surface area contributed by atoms with E-state index in [2.05, 4.69) is 4.90 Å². The predicted octanol–water partition coefficient (Wildman–Crippen LogP) is 3.84. The number of thioether (sulfide) groups is 1. The number of para-hydroxylation sites is 1. The minimum Gasteiger partial charge on any atom is -0.342 e. The van der Waals surface area contributed by atoms with Crippen LogP contribution >= 0.6 is 23.1 Å². The van der Waals surface area contributed by atoms with Gasteiger partial charge >= 0.3 is 0 Å². The number of thiophene rings is 1. The number of hydrogen-bond acceptors (Lipinski definition) is 5. The second kappa shape index (κ2) is 6.18. The molecule has 4 nitrogen and oxygen atoms in total. The fourth-order valence-electron chi connectivity index (χ4n) is 3.80. The van der Waals surface area contributed by atoms with Gasteiger partial charge in [-0.25, -0.2) is 9.55 Å². The van der Waals surface area contributed by atoms with Gasteiger partial charge in [0.05, 0.1) is 11.1 Å². The first-order valence-electron chi connectivity index (χ1n) is 8.78. The molecule has 3 aromatic rings. The Kier molecular flexibility index (Phi) is 3.82. The van der Waals surface area contributed by atoms with E-state index in [0.717, 1.165) is 52.9 Å². The van der Waals surface area contributed by atoms with Gasteiger partial charge in [0.25, 0.3) is 5.56 Å². The zero-order valence-electron chi connectivity index (χ0n) is 13.9. The lowest BCUT2D eigenvalue weighted by Gasteiger charge is -2.21. The molecule has 1 saturated heterocycles. The summed E-state index contributed by atoms with van der Waals surface area (Å²) in [5.74, 6) is 2.92. The van der Waals surface area contributed by atoms with Gasteiger partial charge in [-0.1, -0.05) is 18.2 Å². The van der Waals surface area contributed by atoms with E-state index in [0.29, 0.717) is 0 Å². The first-order chi connectivity index (χ1) is 12.3. The van der Waals surface area contributed by atoms with Crippen molar-refractivity contribution >= 4 is 39.3 Å². The third kappa shape index (κ3) is 2.50. The summed E-state index contributed by atoms with van der Waals surface area (Å²) in [7, 11) is 0. The molecule has 2 aromatic heterocycles. The fourth-order valence-corrected chi connectivity index (χ4v) is 6.14. The summed E-state index contributed by atoms with van der Waals surface area (Å²) in [6.07, 6.45) is 3.31. The van der Waals surface area contributed by atoms with Gasteiger partial charge in [-0.2, -0.15) is 11.8 Å². The third-order valence-electron chi connectivity index (χ3n) is 5.02. The molecular weight excluding hydrogens is 350 g/mol. The van der Waals surface area contributed by atoms with Crippen LogP contribution in [0.3, 0.4) is 0 Å². The molecule has 0 N–H and O–H groups in total. The van der Waals surface area contributed by atoms with E-state index in [-0.39, 0.29) is 5.56 Å². The summed E-state index contributed by atoms with van der Waals surface area (Å²) in [5, 5.41) is 0.854. The van der Waals surface area contributed by atoms with Crippen molar-refractivity contribution in [3.8, 4) is 5.69 Å². The Morgan fingerprint density at radius 2 is 1.88 bits per heavy atom. The average Bonchev–Trinajstić information content (AvgIpc) is 3.30. The Hall–Kier alpha value is -1.79. The Bertz CT molecular complexity index is 987. The highest BCUT2D eigenvalue weighted by Gasteiger charge is 2.25. The molecule has 0 spiro atoms. The lowest BCUT2D eigenvalue weighted by molar-refractivity contribution is 0.841. The molecule has 0 bridgehead atoms. The maximum atomic E-state index is 13.5. The van der Waals surface area contributed by atoms with E-state index in [1.165, 1.54) is 23.3 Å². The SMILES string of the molecule is O=c1c2c3c(sc2nc(N2CCCC2)n1-c1ccccc1)CSCC3. The molecule has 2 aliphatic rings. The number of aromatic nitrogens is 2. The second-order valence-corrected chi connectivity index (χ2v) is 8.76. The summed E-state index contributed by atoms with van der Waals surface area (Å²) >= 11 is 3.67. The van der Waals surface area contributed by atoms with Crippen LogP contribution in [0.2, 0.25) is 0 Å². The Balaban J connectivity index is 1.83. The van der Waals surface area contributed by atoms with E-state index in [1.807, 2.05) is 46.7 Å². The van der Waals surface area contributed by atoms with Crippen LogP contribution in [-0.2, 0) is 12.2 Å². The van der Waals surface area contributed by atoms with E-state index in [4.69, 9.17) is 4.98 Å². The third-order valence-corrected chi connectivity index (χ3v) is 7.32. The normalized spacial score (nSPS) is 17.2. The minimum absolute atomic E-state index is 0.0995. The van der Waals surface area contributed by atoms with Crippen LogP contribution in [-0.4, -0.2) is 28.4 Å². The lowest BCUT2D eigenvalue weighted by Crippen LogP contribution is -2.30. The van der Waals surface area contributed by atoms with Crippen molar-refractivity contribution in [2.75, 3.05) is 23.7 Å². The minimum atomic E-state index is 0.0995. The zero-order chi connectivity index (χ0) is 16.8. The van der Waals surface area contributed by atoms with Crippen LogP contribution in [0.5, 0.6) is 0 Å². The first kappa shape index (κ1) is 15.5. The molecule has 0 saturated carbocycles. The lowest BCUT2D eigenvalue weighted by atomic mass is 10.1. The van der Waals surface area contributed by atoms with Crippen molar-refractivity contribution in [3.05, 3.63) is 51.1 Å². The van der Waals surface area contributed by atoms with Crippen LogP contribution in [0.15, 0.2) is 35.1 Å². The van der Waals surface area contributed by atoms with Crippen molar-refractivity contribution < 1.29 is 0 Å². The Morgan fingerprint density at radius 3 is 2.68 bits per heavy atom. The standard InChI is InChI=1S/C19H19N3OS2/c23-18-16-14-8-11-24-12-15(14)25-17(16)20-19(21-9-4-5-10-21)22(18)13-6-2-1-3-7-13/h1-3,6-7H,4-5,8-12H2. The van der Waals surface area contributed by atoms with Crippen molar-refractivity contribution in [1.29, 1.82) is 0 Å². The van der Waals surface area contributed by atoms with E-state index in [9.17, 15) is 4.79 Å². The van der Waals surface area contributed by atoms with Gasteiger partial charge in [0, 0.05) is 23.7 Å². The molecule has 1 aromatic carbocycles. The Morgan fingerprint density at radius 1 is 1.08 bits per heavy atom. The van der Waals surface area contributed by atoms with E-state index in [1.54, 1.807) is 11.3 Å². The summed E-state index contributed by atoms with van der Waals surface area (Å²) in [5.41, 5.74) is 2.25. The summed E-state index contributed by atoms with van der Waals surface area (Å²) in [6.45, 7) is 1.96. The van der Waals surface area contributed by atoms with Gasteiger partial charge < -0.3 is 4.90 Å². The molecule has 4 heterocycles. The van der Waals surface area contributed by atoms with Crippen LogP contribution < -0.4 is 10.5 Å². The van der Waals surface area contributed by atoms with Gasteiger partial charge in [0.1, 0.15) is 4.83 Å². The summed E-state index contributed by atoms with van der Waals surface area (Å²) < 4.78 is 1.84. The average molecular weight is 370 g/mol. The molecule has 0 aliphatic carbocycles. The monoisotopic (exact) mass is 369 g/mol. The van der Waals surface area contributed by atoms with Crippen molar-refractivity contribution in [2.45, 2.75) is 25.0 Å². The number of rotatable bonds is 2. The van der Waals surface area contributed by atoms with Gasteiger partial charge in [0.15, 0.2) is 0 Å². The first-order valence-corrected chi connectivity index (χ1v) is 10.8. The molecule has 2 aliphatic heterocycles. The molecule has 0 unspecified atom stereocenters. The van der Waals surface area contributed by atoms with Gasteiger partial charge in [-0.05, 0) is 42.7 Å². The second-order valence-electron chi connectivity index (χ2n) is 6.57. The maximum absolute atomic E-state index is 13.5.